The van der Waals surface area contributed by atoms with E-state index in [0.717, 1.165) is 30.2 Å². The molecule has 26 heavy (non-hydrogen) atoms. The maximum Gasteiger partial charge on any atom is 0.159 e. The third kappa shape index (κ3) is 5.31. The van der Waals surface area contributed by atoms with Crippen LogP contribution in [0, 0.1) is 11.8 Å². The lowest BCUT2D eigenvalue weighted by Gasteiger charge is -2.26. The zero-order valence-electron chi connectivity index (χ0n) is 15.3. The van der Waals surface area contributed by atoms with Gasteiger partial charge in [-0.2, -0.15) is 0 Å². The number of hydrogen-bond acceptors (Lipinski definition) is 2. The van der Waals surface area contributed by atoms with Crippen LogP contribution in [-0.4, -0.2) is 9.97 Å². The van der Waals surface area contributed by atoms with Gasteiger partial charge < -0.3 is 0 Å². The molecule has 2 aromatic rings. The van der Waals surface area contributed by atoms with E-state index in [1.807, 2.05) is 24.5 Å². The van der Waals surface area contributed by atoms with Crippen LogP contribution < -0.4 is 0 Å². The number of rotatable bonds is 6. The first-order valence-corrected chi connectivity index (χ1v) is 10.3. The Hall–Kier alpha value is -1.38. The van der Waals surface area contributed by atoms with Crippen LogP contribution in [0.2, 0.25) is 10.0 Å². The topological polar surface area (TPSA) is 25.8 Å². The normalized spacial score (nSPS) is 20.6. The SMILES string of the molecule is CCC=CC1CCC(CCc2cnc(-c3ccc(Cl)c(Cl)c3)nc2)CC1. The van der Waals surface area contributed by atoms with Gasteiger partial charge in [0.25, 0.3) is 0 Å². The Morgan fingerprint density at radius 1 is 1.04 bits per heavy atom. The zero-order chi connectivity index (χ0) is 18.4. The summed E-state index contributed by atoms with van der Waals surface area (Å²) in [5.41, 5.74) is 2.10. The van der Waals surface area contributed by atoms with Crippen molar-refractivity contribution in [3.8, 4) is 11.4 Å². The van der Waals surface area contributed by atoms with Crippen LogP contribution in [0.1, 0.15) is 51.0 Å². The first-order valence-electron chi connectivity index (χ1n) is 9.58. The van der Waals surface area contributed by atoms with Crippen molar-refractivity contribution in [2.24, 2.45) is 11.8 Å². The minimum absolute atomic E-state index is 0.529. The molecule has 3 rings (SSSR count). The number of benzene rings is 1. The van der Waals surface area contributed by atoms with Crippen molar-refractivity contribution in [2.75, 3.05) is 0 Å². The van der Waals surface area contributed by atoms with Crippen LogP contribution in [0.4, 0.5) is 0 Å². The Morgan fingerprint density at radius 3 is 2.42 bits per heavy atom. The molecule has 0 saturated heterocycles. The van der Waals surface area contributed by atoms with E-state index in [4.69, 9.17) is 23.2 Å². The summed E-state index contributed by atoms with van der Waals surface area (Å²) in [4.78, 5) is 9.01. The molecule has 0 unspecified atom stereocenters. The number of aryl methyl sites for hydroxylation is 1. The maximum absolute atomic E-state index is 6.08. The lowest BCUT2D eigenvalue weighted by Crippen LogP contribution is -2.13. The Labute approximate surface area is 166 Å². The van der Waals surface area contributed by atoms with Crippen molar-refractivity contribution in [2.45, 2.75) is 51.9 Å². The van der Waals surface area contributed by atoms with Crippen molar-refractivity contribution < 1.29 is 0 Å². The van der Waals surface area contributed by atoms with Crippen LogP contribution in [-0.2, 0) is 6.42 Å². The van der Waals surface area contributed by atoms with Crippen LogP contribution >= 0.6 is 23.2 Å². The highest BCUT2D eigenvalue weighted by Crippen LogP contribution is 2.32. The van der Waals surface area contributed by atoms with Gasteiger partial charge >= 0.3 is 0 Å². The van der Waals surface area contributed by atoms with Crippen LogP contribution in [0.15, 0.2) is 42.7 Å². The molecule has 1 heterocycles. The molecule has 1 saturated carbocycles. The molecule has 4 heteroatoms. The second-order valence-corrected chi connectivity index (χ2v) is 8.01. The van der Waals surface area contributed by atoms with E-state index in [0.29, 0.717) is 15.9 Å². The molecule has 1 aliphatic rings. The molecule has 0 N–H and O–H groups in total. The fourth-order valence-corrected chi connectivity index (χ4v) is 3.93. The second-order valence-electron chi connectivity index (χ2n) is 7.20. The maximum atomic E-state index is 6.08. The molecule has 1 aromatic heterocycles. The average Bonchev–Trinajstić information content (AvgIpc) is 2.68. The molecule has 1 fully saturated rings. The van der Waals surface area contributed by atoms with Crippen molar-refractivity contribution in [3.63, 3.8) is 0 Å². The largest absolute Gasteiger partial charge is 0.236 e. The van der Waals surface area contributed by atoms with E-state index in [1.165, 1.54) is 37.7 Å². The third-order valence-corrected chi connectivity index (χ3v) is 6.00. The second kappa shape index (κ2) is 9.53. The molecule has 1 aliphatic carbocycles. The zero-order valence-corrected chi connectivity index (χ0v) is 16.8. The molecule has 2 nitrogen and oxygen atoms in total. The van der Waals surface area contributed by atoms with Gasteiger partial charge in [-0.05, 0) is 80.5 Å². The van der Waals surface area contributed by atoms with Crippen molar-refractivity contribution in [3.05, 3.63) is 58.4 Å². The molecule has 0 amide bonds. The fourth-order valence-electron chi connectivity index (χ4n) is 3.64. The molecule has 0 aliphatic heterocycles. The monoisotopic (exact) mass is 388 g/mol. The summed E-state index contributed by atoms with van der Waals surface area (Å²) in [7, 11) is 0. The summed E-state index contributed by atoms with van der Waals surface area (Å²) < 4.78 is 0. The summed E-state index contributed by atoms with van der Waals surface area (Å²) in [6.07, 6.45) is 17.5. The van der Waals surface area contributed by atoms with Crippen LogP contribution in [0.25, 0.3) is 11.4 Å². The fraction of sp³-hybridized carbons (Fsp3) is 0.455. The van der Waals surface area contributed by atoms with Gasteiger partial charge in [0.1, 0.15) is 0 Å². The first-order chi connectivity index (χ1) is 12.7. The predicted molar refractivity (Wildman–Crippen MR) is 111 cm³/mol. The van der Waals surface area contributed by atoms with E-state index in [9.17, 15) is 0 Å². The van der Waals surface area contributed by atoms with E-state index >= 15 is 0 Å². The van der Waals surface area contributed by atoms with Crippen molar-refractivity contribution in [1.82, 2.24) is 9.97 Å². The summed E-state index contributed by atoms with van der Waals surface area (Å²) >= 11 is 12.0. The Morgan fingerprint density at radius 2 is 1.77 bits per heavy atom. The van der Waals surface area contributed by atoms with Gasteiger partial charge in [-0.1, -0.05) is 42.3 Å². The molecule has 138 valence electrons. The summed E-state index contributed by atoms with van der Waals surface area (Å²) in [6.45, 7) is 2.21. The average molecular weight is 389 g/mol. The number of halogens is 2. The Bertz CT molecular complexity index is 732. The molecule has 0 atom stereocenters. The Balaban J connectivity index is 1.50. The summed E-state index contributed by atoms with van der Waals surface area (Å²) in [6, 6.07) is 5.49. The van der Waals surface area contributed by atoms with Gasteiger partial charge in [-0.15, -0.1) is 0 Å². The standard InChI is InChI=1S/C22H26Cl2N2/c1-2-3-4-16-5-7-17(8-6-16)9-10-18-14-25-22(26-15-18)19-11-12-20(23)21(24)13-19/h3-4,11-17H,2,5-10H2,1H3. The number of aromatic nitrogens is 2. The van der Waals surface area contributed by atoms with E-state index in [1.54, 1.807) is 6.07 Å². The smallest absolute Gasteiger partial charge is 0.159 e. The van der Waals surface area contributed by atoms with Crippen molar-refractivity contribution >= 4 is 23.2 Å². The predicted octanol–water partition coefficient (Wildman–Crippen LogP) is 7.16. The first kappa shape index (κ1) is 19.4. The van der Waals surface area contributed by atoms with E-state index in [-0.39, 0.29) is 0 Å². The van der Waals surface area contributed by atoms with Gasteiger partial charge in [-0.3, -0.25) is 0 Å². The lowest BCUT2D eigenvalue weighted by molar-refractivity contribution is 0.296. The molecule has 0 bridgehead atoms. The summed E-state index contributed by atoms with van der Waals surface area (Å²) in [5, 5.41) is 1.08. The number of hydrogen-bond donors (Lipinski definition) is 0. The highest BCUT2D eigenvalue weighted by atomic mass is 35.5. The van der Waals surface area contributed by atoms with Crippen LogP contribution in [0.3, 0.4) is 0 Å². The summed E-state index contributed by atoms with van der Waals surface area (Å²) in [5.74, 6) is 2.34. The molecular weight excluding hydrogens is 363 g/mol. The lowest BCUT2D eigenvalue weighted by atomic mass is 9.79. The van der Waals surface area contributed by atoms with E-state index in [2.05, 4.69) is 29.0 Å². The third-order valence-electron chi connectivity index (χ3n) is 5.26. The van der Waals surface area contributed by atoms with Crippen LogP contribution in [0.5, 0.6) is 0 Å². The highest BCUT2D eigenvalue weighted by Gasteiger charge is 2.19. The van der Waals surface area contributed by atoms with Gasteiger partial charge in [0.2, 0.25) is 0 Å². The number of nitrogens with zero attached hydrogens (tertiary/aromatic N) is 2. The molecule has 0 spiro atoms. The van der Waals surface area contributed by atoms with Gasteiger partial charge in [0.15, 0.2) is 5.82 Å². The van der Waals surface area contributed by atoms with Gasteiger partial charge in [-0.25, -0.2) is 9.97 Å². The Kier molecular flexibility index (Phi) is 7.10. The quantitative estimate of drug-likeness (QED) is 0.490. The minimum atomic E-state index is 0.529. The van der Waals surface area contributed by atoms with E-state index < -0.39 is 0 Å². The minimum Gasteiger partial charge on any atom is -0.236 e. The van der Waals surface area contributed by atoms with Gasteiger partial charge in [0.05, 0.1) is 10.0 Å². The number of allylic oxidation sites excluding steroid dienone is 2. The van der Waals surface area contributed by atoms with Gasteiger partial charge in [0, 0.05) is 18.0 Å². The highest BCUT2D eigenvalue weighted by molar-refractivity contribution is 6.42. The molecular formula is C22H26Cl2N2. The van der Waals surface area contributed by atoms with Crippen molar-refractivity contribution in [1.29, 1.82) is 0 Å². The molecule has 0 radical (unpaired) electrons. The molecule has 1 aromatic carbocycles.